The van der Waals surface area contributed by atoms with Gasteiger partial charge in [-0.15, -0.1) is 0 Å². The minimum Gasteiger partial charge on any atom is -0.396 e. The topological polar surface area (TPSA) is 20.2 Å². The Labute approximate surface area is 93.3 Å². The minimum atomic E-state index is 0.227. The maximum Gasteiger partial charge on any atom is 0.0497 e. The molecule has 0 aliphatic heterocycles. The van der Waals surface area contributed by atoms with Gasteiger partial charge in [-0.2, -0.15) is 0 Å². The normalized spacial score (nSPS) is 16.8. The van der Waals surface area contributed by atoms with Crippen molar-refractivity contribution in [1.29, 1.82) is 0 Å². The van der Waals surface area contributed by atoms with E-state index in [1.807, 2.05) is 0 Å². The van der Waals surface area contributed by atoms with Gasteiger partial charge in [-0.1, -0.05) is 28.9 Å². The molecule has 1 nitrogen and oxygen atoms in total. The summed E-state index contributed by atoms with van der Waals surface area (Å²) in [5.74, 6) is 0.247. The van der Waals surface area contributed by atoms with Crippen LogP contribution in [0.1, 0.15) is 36.0 Å². The van der Waals surface area contributed by atoms with Crippen LogP contribution in [0.5, 0.6) is 0 Å². The first-order valence-corrected chi connectivity index (χ1v) is 5.93. The molecule has 1 aliphatic rings. The highest BCUT2D eigenvalue weighted by molar-refractivity contribution is 9.10. The summed E-state index contributed by atoms with van der Waals surface area (Å²) in [6.07, 6.45) is 3.66. The van der Waals surface area contributed by atoms with Gasteiger partial charge in [-0.05, 0) is 42.0 Å². The van der Waals surface area contributed by atoms with Crippen LogP contribution in [0.3, 0.4) is 0 Å². The zero-order valence-electron chi connectivity index (χ0n) is 8.39. The van der Waals surface area contributed by atoms with Crippen molar-refractivity contribution in [2.75, 3.05) is 6.61 Å². The number of aliphatic hydroxyl groups is 1. The quantitative estimate of drug-likeness (QED) is 0.861. The van der Waals surface area contributed by atoms with E-state index in [4.69, 9.17) is 5.11 Å². The molecule has 0 saturated carbocycles. The third-order valence-electron chi connectivity index (χ3n) is 3.03. The second kappa shape index (κ2) is 4.03. The van der Waals surface area contributed by atoms with E-state index in [0.717, 1.165) is 0 Å². The van der Waals surface area contributed by atoms with Crippen molar-refractivity contribution in [3.8, 4) is 0 Å². The monoisotopic (exact) mass is 254 g/mol. The summed E-state index contributed by atoms with van der Waals surface area (Å²) in [5.41, 5.74) is 4.19. The average molecular weight is 255 g/mol. The molecule has 1 aromatic carbocycles. The van der Waals surface area contributed by atoms with Crippen LogP contribution in [0.4, 0.5) is 0 Å². The fourth-order valence-corrected chi connectivity index (χ4v) is 2.78. The summed E-state index contributed by atoms with van der Waals surface area (Å²) < 4.78 is 1.22. The van der Waals surface area contributed by atoms with Crippen molar-refractivity contribution in [2.45, 2.75) is 32.1 Å². The van der Waals surface area contributed by atoms with Crippen LogP contribution in [0.25, 0.3) is 0 Å². The first kappa shape index (κ1) is 10.2. The lowest BCUT2D eigenvalue weighted by atomic mass is 9.98. The van der Waals surface area contributed by atoms with Gasteiger partial charge in [-0.25, -0.2) is 0 Å². The van der Waals surface area contributed by atoms with Crippen molar-refractivity contribution < 1.29 is 5.11 Å². The minimum absolute atomic E-state index is 0.227. The number of hydrogen-bond acceptors (Lipinski definition) is 1. The van der Waals surface area contributed by atoms with Crippen LogP contribution in [-0.2, 0) is 12.8 Å². The third kappa shape index (κ3) is 1.73. The van der Waals surface area contributed by atoms with E-state index in [0.29, 0.717) is 0 Å². The molecule has 0 spiro atoms. The molecule has 1 aliphatic carbocycles. The van der Waals surface area contributed by atoms with Gasteiger partial charge in [0.1, 0.15) is 0 Å². The Morgan fingerprint density at radius 1 is 1.43 bits per heavy atom. The molecule has 0 bridgehead atoms. The largest absolute Gasteiger partial charge is 0.396 e. The van der Waals surface area contributed by atoms with E-state index < -0.39 is 0 Å². The molecular formula is C12H15BrO. The fraction of sp³-hybridized carbons (Fsp3) is 0.500. The van der Waals surface area contributed by atoms with Gasteiger partial charge < -0.3 is 5.11 Å². The summed E-state index contributed by atoms with van der Waals surface area (Å²) in [7, 11) is 0. The molecule has 0 aromatic heterocycles. The molecule has 0 fully saturated rings. The molecule has 0 saturated heterocycles. The van der Waals surface area contributed by atoms with E-state index in [1.165, 1.54) is 40.4 Å². The van der Waals surface area contributed by atoms with Gasteiger partial charge in [0.2, 0.25) is 0 Å². The van der Waals surface area contributed by atoms with Crippen LogP contribution < -0.4 is 0 Å². The Bertz CT molecular complexity index is 346. The van der Waals surface area contributed by atoms with Gasteiger partial charge >= 0.3 is 0 Å². The molecule has 0 radical (unpaired) electrons. The highest BCUT2D eigenvalue weighted by atomic mass is 79.9. The van der Waals surface area contributed by atoms with Gasteiger partial charge in [0.25, 0.3) is 0 Å². The Morgan fingerprint density at radius 3 is 2.93 bits per heavy atom. The molecule has 1 N–H and O–H groups in total. The first-order chi connectivity index (χ1) is 6.72. The Kier molecular flexibility index (Phi) is 2.93. The fourth-order valence-electron chi connectivity index (χ4n) is 2.07. The van der Waals surface area contributed by atoms with Crippen molar-refractivity contribution >= 4 is 15.9 Å². The number of rotatable bonds is 2. The lowest BCUT2D eigenvalue weighted by Gasteiger charge is -2.12. The zero-order chi connectivity index (χ0) is 10.1. The van der Waals surface area contributed by atoms with Gasteiger partial charge in [0.15, 0.2) is 0 Å². The maximum atomic E-state index is 9.11. The number of aliphatic hydroxyl groups excluding tert-OH is 1. The third-order valence-corrected chi connectivity index (χ3v) is 3.73. The second-order valence-corrected chi connectivity index (χ2v) is 4.93. The lowest BCUT2D eigenvalue weighted by molar-refractivity contribution is 0.273. The molecule has 2 heteroatoms. The molecule has 0 amide bonds. The molecule has 1 aromatic rings. The predicted octanol–water partition coefficient (Wildman–Crippen LogP) is 3.03. The summed E-state index contributed by atoms with van der Waals surface area (Å²) in [6.45, 7) is 2.29. The standard InChI is InChI=1S/C12H15BrO/c1-8(7-14)10-5-9-3-2-4-11(9)12(13)6-10/h5-6,8,14H,2-4,7H2,1H3. The van der Waals surface area contributed by atoms with E-state index in [-0.39, 0.29) is 12.5 Å². The van der Waals surface area contributed by atoms with Crippen molar-refractivity contribution in [2.24, 2.45) is 0 Å². The van der Waals surface area contributed by atoms with Gasteiger partial charge in [0.05, 0.1) is 0 Å². The summed E-state index contributed by atoms with van der Waals surface area (Å²) in [6, 6.07) is 4.42. The smallest absolute Gasteiger partial charge is 0.0497 e. The number of hydrogen-bond donors (Lipinski definition) is 1. The Balaban J connectivity index is 2.41. The van der Waals surface area contributed by atoms with Crippen LogP contribution in [0.15, 0.2) is 16.6 Å². The molecule has 2 rings (SSSR count). The first-order valence-electron chi connectivity index (χ1n) is 5.14. The zero-order valence-corrected chi connectivity index (χ0v) is 9.97. The predicted molar refractivity (Wildman–Crippen MR) is 61.7 cm³/mol. The average Bonchev–Trinajstić information content (AvgIpc) is 2.64. The summed E-state index contributed by atoms with van der Waals surface area (Å²) >= 11 is 3.61. The number of halogens is 1. The highest BCUT2D eigenvalue weighted by Gasteiger charge is 2.16. The molecule has 1 unspecified atom stereocenters. The van der Waals surface area contributed by atoms with E-state index >= 15 is 0 Å². The Morgan fingerprint density at radius 2 is 2.21 bits per heavy atom. The number of aryl methyl sites for hydroxylation is 1. The summed E-state index contributed by atoms with van der Waals surface area (Å²) in [5, 5.41) is 9.11. The summed E-state index contributed by atoms with van der Waals surface area (Å²) in [4.78, 5) is 0. The maximum absolute atomic E-state index is 9.11. The van der Waals surface area contributed by atoms with Crippen molar-refractivity contribution in [3.05, 3.63) is 33.3 Å². The van der Waals surface area contributed by atoms with Gasteiger partial charge in [0, 0.05) is 17.0 Å². The van der Waals surface area contributed by atoms with Crippen LogP contribution in [0, 0.1) is 0 Å². The van der Waals surface area contributed by atoms with E-state index in [2.05, 4.69) is 35.0 Å². The Hall–Kier alpha value is -0.340. The van der Waals surface area contributed by atoms with Crippen molar-refractivity contribution in [3.63, 3.8) is 0 Å². The van der Waals surface area contributed by atoms with Gasteiger partial charge in [-0.3, -0.25) is 0 Å². The molecule has 0 heterocycles. The lowest BCUT2D eigenvalue weighted by Crippen LogP contribution is -2.00. The van der Waals surface area contributed by atoms with Crippen molar-refractivity contribution in [1.82, 2.24) is 0 Å². The van der Waals surface area contributed by atoms with E-state index in [9.17, 15) is 0 Å². The van der Waals surface area contributed by atoms with Crippen LogP contribution >= 0.6 is 15.9 Å². The molecule has 14 heavy (non-hydrogen) atoms. The molecule has 76 valence electrons. The SMILES string of the molecule is CC(CO)c1cc(Br)c2c(c1)CCC2. The molecular weight excluding hydrogens is 240 g/mol. The van der Waals surface area contributed by atoms with Crippen LogP contribution in [-0.4, -0.2) is 11.7 Å². The molecule has 1 atom stereocenters. The van der Waals surface area contributed by atoms with E-state index in [1.54, 1.807) is 0 Å². The second-order valence-electron chi connectivity index (χ2n) is 4.08. The van der Waals surface area contributed by atoms with Crippen LogP contribution in [0.2, 0.25) is 0 Å². The number of fused-ring (bicyclic) bond motifs is 1. The number of benzene rings is 1. The highest BCUT2D eigenvalue weighted by Crippen LogP contribution is 2.32.